The lowest BCUT2D eigenvalue weighted by Crippen LogP contribution is -2.27. The highest BCUT2D eigenvalue weighted by atomic mass is 79.9. The summed E-state index contributed by atoms with van der Waals surface area (Å²) in [5.41, 5.74) is 0.834. The highest BCUT2D eigenvalue weighted by Gasteiger charge is 2.14. The van der Waals surface area contributed by atoms with Gasteiger partial charge in [0.1, 0.15) is 0 Å². The SMILES string of the molecule is CN(Cc1ccc(Cl)s1)C(=O)CSc1nnc(-c2ccc(Br)cc2)o1. The van der Waals surface area contributed by atoms with Crippen LogP contribution in [0, 0.1) is 0 Å². The summed E-state index contributed by atoms with van der Waals surface area (Å²) >= 11 is 12.0. The third-order valence-corrected chi connectivity index (χ3v) is 5.81. The van der Waals surface area contributed by atoms with E-state index in [-0.39, 0.29) is 11.7 Å². The van der Waals surface area contributed by atoms with Crippen molar-refractivity contribution in [3.63, 3.8) is 0 Å². The Bertz CT molecular complexity index is 866. The number of amides is 1. The number of benzene rings is 1. The molecule has 9 heteroatoms. The Kier molecular flexibility index (Phi) is 6.16. The van der Waals surface area contributed by atoms with Crippen molar-refractivity contribution >= 4 is 56.5 Å². The summed E-state index contributed by atoms with van der Waals surface area (Å²) in [6.45, 7) is 0.532. The van der Waals surface area contributed by atoms with Gasteiger partial charge in [0.2, 0.25) is 11.8 Å². The number of hydrogen-bond acceptors (Lipinski definition) is 6. The molecule has 1 aromatic carbocycles. The minimum atomic E-state index is -0.0158. The average Bonchev–Trinajstić information content (AvgIpc) is 3.22. The summed E-state index contributed by atoms with van der Waals surface area (Å²) in [6, 6.07) is 11.3. The van der Waals surface area contributed by atoms with E-state index in [4.69, 9.17) is 16.0 Å². The molecule has 0 bridgehead atoms. The first-order valence-electron chi connectivity index (χ1n) is 7.21. The maximum atomic E-state index is 12.2. The van der Waals surface area contributed by atoms with E-state index in [0.717, 1.165) is 19.2 Å². The Hall–Kier alpha value is -1.35. The van der Waals surface area contributed by atoms with Gasteiger partial charge in [-0.1, -0.05) is 39.3 Å². The van der Waals surface area contributed by atoms with Crippen molar-refractivity contribution in [1.29, 1.82) is 0 Å². The zero-order chi connectivity index (χ0) is 17.8. The molecule has 0 saturated heterocycles. The molecule has 0 aliphatic carbocycles. The maximum Gasteiger partial charge on any atom is 0.277 e. The van der Waals surface area contributed by atoms with E-state index in [0.29, 0.717) is 17.7 Å². The van der Waals surface area contributed by atoms with E-state index >= 15 is 0 Å². The van der Waals surface area contributed by atoms with Crippen LogP contribution >= 0.6 is 50.6 Å². The molecule has 0 atom stereocenters. The standard InChI is InChI=1S/C16H13BrClN3O2S2/c1-21(8-12-6-7-13(18)25-12)14(22)9-24-16-20-19-15(23-16)10-2-4-11(17)5-3-10/h2-7H,8-9H2,1H3. The normalized spacial score (nSPS) is 10.8. The monoisotopic (exact) mass is 457 g/mol. The number of aromatic nitrogens is 2. The van der Waals surface area contributed by atoms with Crippen LogP contribution in [0.15, 0.2) is 50.5 Å². The summed E-state index contributed by atoms with van der Waals surface area (Å²) < 4.78 is 7.30. The van der Waals surface area contributed by atoms with Crippen LogP contribution in [0.25, 0.3) is 11.5 Å². The fraction of sp³-hybridized carbons (Fsp3) is 0.188. The van der Waals surface area contributed by atoms with Gasteiger partial charge in [0.25, 0.3) is 5.22 Å². The molecule has 0 radical (unpaired) electrons. The Morgan fingerprint density at radius 1 is 1.28 bits per heavy atom. The lowest BCUT2D eigenvalue weighted by molar-refractivity contribution is -0.127. The number of thioether (sulfide) groups is 1. The Balaban J connectivity index is 1.54. The molecule has 0 saturated carbocycles. The molecule has 1 amide bonds. The van der Waals surface area contributed by atoms with E-state index in [2.05, 4.69) is 26.1 Å². The summed E-state index contributed by atoms with van der Waals surface area (Å²) in [5.74, 6) is 0.652. The summed E-state index contributed by atoms with van der Waals surface area (Å²) in [5, 5.41) is 8.37. The molecule has 2 heterocycles. The van der Waals surface area contributed by atoms with Gasteiger partial charge < -0.3 is 9.32 Å². The predicted octanol–water partition coefficient (Wildman–Crippen LogP) is 4.96. The molecule has 0 unspecified atom stereocenters. The topological polar surface area (TPSA) is 59.2 Å². The number of rotatable bonds is 6. The van der Waals surface area contributed by atoms with Crippen LogP contribution in [-0.4, -0.2) is 33.8 Å². The molecular weight excluding hydrogens is 446 g/mol. The molecule has 0 spiro atoms. The van der Waals surface area contributed by atoms with E-state index in [1.165, 1.54) is 23.1 Å². The van der Waals surface area contributed by atoms with Crippen molar-refractivity contribution in [2.45, 2.75) is 11.8 Å². The van der Waals surface area contributed by atoms with Gasteiger partial charge in [-0.15, -0.1) is 21.5 Å². The van der Waals surface area contributed by atoms with Crippen LogP contribution in [0.4, 0.5) is 0 Å². The molecule has 5 nitrogen and oxygen atoms in total. The number of carbonyl (C=O) groups is 1. The van der Waals surface area contributed by atoms with Gasteiger partial charge in [-0.05, 0) is 36.4 Å². The van der Waals surface area contributed by atoms with Crippen LogP contribution < -0.4 is 0 Å². The third kappa shape index (κ3) is 5.07. The van der Waals surface area contributed by atoms with Gasteiger partial charge in [0.15, 0.2) is 0 Å². The molecular formula is C16H13BrClN3O2S2. The fourth-order valence-electron chi connectivity index (χ4n) is 1.97. The zero-order valence-corrected chi connectivity index (χ0v) is 17.1. The van der Waals surface area contributed by atoms with E-state index in [9.17, 15) is 4.79 Å². The van der Waals surface area contributed by atoms with Gasteiger partial charge >= 0.3 is 0 Å². The molecule has 3 aromatic rings. The highest BCUT2D eigenvalue weighted by molar-refractivity contribution is 9.10. The Morgan fingerprint density at radius 3 is 2.72 bits per heavy atom. The molecule has 3 rings (SSSR count). The largest absolute Gasteiger partial charge is 0.411 e. The van der Waals surface area contributed by atoms with Crippen LogP contribution in [0.5, 0.6) is 0 Å². The maximum absolute atomic E-state index is 12.2. The van der Waals surface area contributed by atoms with E-state index < -0.39 is 0 Å². The lowest BCUT2D eigenvalue weighted by Gasteiger charge is -2.15. The van der Waals surface area contributed by atoms with Crippen LogP contribution in [0.3, 0.4) is 0 Å². The summed E-state index contributed by atoms with van der Waals surface area (Å²) in [4.78, 5) is 14.9. The first kappa shape index (κ1) is 18.4. The molecule has 0 N–H and O–H groups in total. The fourth-order valence-corrected chi connectivity index (χ4v) is 4.08. The molecule has 0 aliphatic rings. The second kappa shape index (κ2) is 8.35. The smallest absolute Gasteiger partial charge is 0.277 e. The first-order chi connectivity index (χ1) is 12.0. The predicted molar refractivity (Wildman–Crippen MR) is 104 cm³/mol. The summed E-state index contributed by atoms with van der Waals surface area (Å²) in [6.07, 6.45) is 0. The van der Waals surface area contributed by atoms with Crippen molar-refractivity contribution in [2.24, 2.45) is 0 Å². The van der Waals surface area contributed by atoms with Gasteiger partial charge in [0.05, 0.1) is 16.6 Å². The van der Waals surface area contributed by atoms with Crippen LogP contribution in [-0.2, 0) is 11.3 Å². The van der Waals surface area contributed by atoms with Gasteiger partial charge in [-0.3, -0.25) is 4.79 Å². The van der Waals surface area contributed by atoms with Crippen molar-refractivity contribution < 1.29 is 9.21 Å². The van der Waals surface area contributed by atoms with Crippen LogP contribution in [0.1, 0.15) is 4.88 Å². The minimum Gasteiger partial charge on any atom is -0.411 e. The summed E-state index contributed by atoms with van der Waals surface area (Å²) in [7, 11) is 1.76. The second-order valence-corrected chi connectivity index (χ2v) is 8.77. The number of halogens is 2. The second-order valence-electron chi connectivity index (χ2n) is 5.12. The lowest BCUT2D eigenvalue weighted by atomic mass is 10.2. The third-order valence-electron chi connectivity index (χ3n) is 3.26. The van der Waals surface area contributed by atoms with Gasteiger partial charge in [-0.25, -0.2) is 0 Å². The number of hydrogen-bond donors (Lipinski definition) is 0. The van der Waals surface area contributed by atoms with Gasteiger partial charge in [-0.2, -0.15) is 0 Å². The quantitative estimate of drug-likeness (QED) is 0.488. The van der Waals surface area contributed by atoms with Crippen molar-refractivity contribution in [3.8, 4) is 11.5 Å². The van der Waals surface area contributed by atoms with E-state index in [1.807, 2.05) is 36.4 Å². The molecule has 0 fully saturated rings. The first-order valence-corrected chi connectivity index (χ1v) is 10.2. The van der Waals surface area contributed by atoms with Gasteiger partial charge in [0, 0.05) is 22.0 Å². The molecule has 0 aliphatic heterocycles. The van der Waals surface area contributed by atoms with Crippen molar-refractivity contribution in [2.75, 3.05) is 12.8 Å². The van der Waals surface area contributed by atoms with Crippen molar-refractivity contribution in [3.05, 3.63) is 50.1 Å². The number of thiophene rings is 1. The number of carbonyl (C=O) groups excluding carboxylic acids is 1. The Morgan fingerprint density at radius 2 is 2.04 bits per heavy atom. The molecule has 2 aromatic heterocycles. The van der Waals surface area contributed by atoms with Crippen molar-refractivity contribution in [1.82, 2.24) is 15.1 Å². The zero-order valence-electron chi connectivity index (χ0n) is 13.1. The Labute approximate surface area is 166 Å². The van der Waals surface area contributed by atoms with E-state index in [1.54, 1.807) is 11.9 Å². The van der Waals surface area contributed by atoms with Crippen LogP contribution in [0.2, 0.25) is 4.34 Å². The molecule has 25 heavy (non-hydrogen) atoms. The average molecular weight is 459 g/mol. The minimum absolute atomic E-state index is 0.0158. The molecule has 130 valence electrons. The number of nitrogens with zero attached hydrogens (tertiary/aromatic N) is 3. The highest BCUT2D eigenvalue weighted by Crippen LogP contribution is 2.25.